The van der Waals surface area contributed by atoms with E-state index in [9.17, 15) is 4.79 Å². The molecule has 0 N–H and O–H groups in total. The van der Waals surface area contributed by atoms with E-state index in [2.05, 4.69) is 46.6 Å². The molecule has 2 aliphatic rings. The van der Waals surface area contributed by atoms with E-state index in [1.807, 2.05) is 12.1 Å². The summed E-state index contributed by atoms with van der Waals surface area (Å²) in [6.07, 6.45) is 1.13. The van der Waals surface area contributed by atoms with Crippen LogP contribution in [-0.4, -0.2) is 50.2 Å². The fourth-order valence-electron chi connectivity index (χ4n) is 3.95. The van der Waals surface area contributed by atoms with Crippen LogP contribution in [0.4, 0.5) is 5.69 Å². The number of carbonyl (C=O) groups excluding carboxylic acids is 1. The molecule has 0 bridgehead atoms. The van der Waals surface area contributed by atoms with Crippen molar-refractivity contribution in [3.63, 3.8) is 0 Å². The zero-order chi connectivity index (χ0) is 16.0. The molecule has 0 radical (unpaired) electrons. The Bertz CT molecular complexity index is 603. The summed E-state index contributed by atoms with van der Waals surface area (Å²) >= 11 is 3.69. The number of anilines is 1. The summed E-state index contributed by atoms with van der Waals surface area (Å²) in [6, 6.07) is 4.84. The van der Waals surface area contributed by atoms with Gasteiger partial charge in [0.1, 0.15) is 0 Å². The van der Waals surface area contributed by atoms with Gasteiger partial charge in [0.2, 0.25) is 0 Å². The predicted octanol–water partition coefficient (Wildman–Crippen LogP) is 3.25. The average Bonchev–Trinajstić information content (AvgIpc) is 2.80. The molecule has 1 saturated heterocycles. The van der Waals surface area contributed by atoms with E-state index in [1.54, 1.807) is 0 Å². The zero-order valence-electron chi connectivity index (χ0n) is 13.6. The average molecular weight is 367 g/mol. The second-order valence-corrected chi connectivity index (χ2v) is 7.47. The lowest BCUT2D eigenvalue weighted by Gasteiger charge is -2.40. The molecule has 2 atom stereocenters. The number of halogens is 1. The van der Waals surface area contributed by atoms with E-state index in [-0.39, 0.29) is 5.97 Å². The number of rotatable bonds is 2. The third-order valence-corrected chi connectivity index (χ3v) is 5.47. The van der Waals surface area contributed by atoms with Crippen LogP contribution in [-0.2, 0) is 4.74 Å². The third kappa shape index (κ3) is 2.44. The van der Waals surface area contributed by atoms with E-state index >= 15 is 0 Å². The molecule has 2 aliphatic heterocycles. The maximum absolute atomic E-state index is 11.9. The van der Waals surface area contributed by atoms with Gasteiger partial charge in [0, 0.05) is 29.0 Å². The lowest BCUT2D eigenvalue weighted by molar-refractivity contribution is 0.0600. The number of fused-ring (bicyclic) bond motifs is 3. The highest BCUT2D eigenvalue weighted by molar-refractivity contribution is 9.10. The second kappa shape index (κ2) is 5.85. The van der Waals surface area contributed by atoms with Crippen molar-refractivity contribution in [3.8, 4) is 0 Å². The summed E-state index contributed by atoms with van der Waals surface area (Å²) in [5.74, 6) is 0.227. The number of hydrogen-bond acceptors (Lipinski definition) is 4. The van der Waals surface area contributed by atoms with Crippen molar-refractivity contribution in [3.05, 3.63) is 27.7 Å². The summed E-state index contributed by atoms with van der Waals surface area (Å²) in [7, 11) is 3.62. The van der Waals surface area contributed by atoms with Crippen LogP contribution >= 0.6 is 15.9 Å². The van der Waals surface area contributed by atoms with Gasteiger partial charge in [0.15, 0.2) is 0 Å². The van der Waals surface area contributed by atoms with Crippen molar-refractivity contribution in [1.29, 1.82) is 0 Å². The van der Waals surface area contributed by atoms with Crippen molar-refractivity contribution in [2.45, 2.75) is 38.3 Å². The van der Waals surface area contributed by atoms with E-state index in [4.69, 9.17) is 4.74 Å². The Morgan fingerprint density at radius 3 is 2.77 bits per heavy atom. The first-order valence-corrected chi connectivity index (χ1v) is 8.62. The maximum Gasteiger partial charge on any atom is 0.337 e. The highest BCUT2D eigenvalue weighted by Gasteiger charge is 2.43. The van der Waals surface area contributed by atoms with Crippen LogP contribution in [0.2, 0.25) is 0 Å². The van der Waals surface area contributed by atoms with Gasteiger partial charge in [-0.15, -0.1) is 0 Å². The lowest BCUT2D eigenvalue weighted by atomic mass is 9.87. The van der Waals surface area contributed by atoms with Crippen LogP contribution < -0.4 is 4.90 Å². The van der Waals surface area contributed by atoms with Gasteiger partial charge in [0.05, 0.1) is 18.4 Å². The Hall–Kier alpha value is -1.07. The van der Waals surface area contributed by atoms with Crippen molar-refractivity contribution >= 4 is 27.6 Å². The molecule has 5 heteroatoms. The molecule has 1 aromatic rings. The number of ether oxygens (including phenoxy) is 1. The van der Waals surface area contributed by atoms with Crippen molar-refractivity contribution < 1.29 is 9.53 Å². The van der Waals surface area contributed by atoms with Crippen LogP contribution in [0.3, 0.4) is 0 Å². The normalized spacial score (nSPS) is 24.4. The fourth-order valence-corrected chi connectivity index (χ4v) is 4.63. The van der Waals surface area contributed by atoms with Gasteiger partial charge in [-0.1, -0.05) is 0 Å². The molecular formula is C17H23BrN2O2. The quantitative estimate of drug-likeness (QED) is 0.752. The monoisotopic (exact) mass is 366 g/mol. The minimum absolute atomic E-state index is 0.268. The summed E-state index contributed by atoms with van der Waals surface area (Å²) in [5.41, 5.74) is 3.19. The van der Waals surface area contributed by atoms with Crippen molar-refractivity contribution in [1.82, 2.24) is 4.90 Å². The standard InChI is InChI=1S/C17H23BrN2O2/c1-10(2)20-15-9-19(3)6-5-12(15)13-7-11(17(21)22-4)8-14(18)16(13)20/h7-8,10,12,15H,5-6,9H2,1-4H3. The second-order valence-electron chi connectivity index (χ2n) is 6.61. The summed E-state index contributed by atoms with van der Waals surface area (Å²) in [6.45, 7) is 6.65. The lowest BCUT2D eigenvalue weighted by Crippen LogP contribution is -2.49. The van der Waals surface area contributed by atoms with E-state index in [1.165, 1.54) is 18.4 Å². The highest BCUT2D eigenvalue weighted by Crippen LogP contribution is 2.49. The number of hydrogen-bond donors (Lipinski definition) is 0. The van der Waals surface area contributed by atoms with Crippen LogP contribution in [0, 0.1) is 0 Å². The van der Waals surface area contributed by atoms with Gasteiger partial charge in [0.25, 0.3) is 0 Å². The number of methoxy groups -OCH3 is 1. The Kier molecular flexibility index (Phi) is 4.21. The third-order valence-electron chi connectivity index (χ3n) is 4.87. The van der Waals surface area contributed by atoms with Crippen LogP contribution in [0.25, 0.3) is 0 Å². The molecule has 0 spiro atoms. The van der Waals surface area contributed by atoms with E-state index in [0.29, 0.717) is 23.6 Å². The van der Waals surface area contributed by atoms with Gasteiger partial charge in [-0.25, -0.2) is 4.79 Å². The first-order chi connectivity index (χ1) is 10.4. The topological polar surface area (TPSA) is 32.8 Å². The van der Waals surface area contributed by atoms with Gasteiger partial charge in [-0.3, -0.25) is 0 Å². The molecule has 2 unspecified atom stereocenters. The van der Waals surface area contributed by atoms with Gasteiger partial charge >= 0.3 is 5.97 Å². The molecule has 22 heavy (non-hydrogen) atoms. The molecule has 3 rings (SSSR count). The zero-order valence-corrected chi connectivity index (χ0v) is 15.2. The number of carbonyl (C=O) groups is 1. The van der Waals surface area contributed by atoms with Crippen LogP contribution in [0.5, 0.6) is 0 Å². The van der Waals surface area contributed by atoms with Crippen molar-refractivity contribution in [2.75, 3.05) is 32.1 Å². The van der Waals surface area contributed by atoms with E-state index < -0.39 is 0 Å². The van der Waals surface area contributed by atoms with Crippen molar-refractivity contribution in [2.24, 2.45) is 0 Å². The number of benzene rings is 1. The molecular weight excluding hydrogens is 344 g/mol. The van der Waals surface area contributed by atoms with Gasteiger partial charge < -0.3 is 14.5 Å². The van der Waals surface area contributed by atoms with Crippen LogP contribution in [0.15, 0.2) is 16.6 Å². The van der Waals surface area contributed by atoms with Gasteiger partial charge in [-0.05, 0) is 67.5 Å². The molecule has 1 fully saturated rings. The maximum atomic E-state index is 11.9. The molecule has 0 amide bonds. The number of likely N-dealkylation sites (tertiary alicyclic amines) is 1. The Labute approximate surface area is 140 Å². The number of esters is 1. The molecule has 0 aliphatic carbocycles. The molecule has 2 heterocycles. The largest absolute Gasteiger partial charge is 0.465 e. The predicted molar refractivity (Wildman–Crippen MR) is 91.7 cm³/mol. The minimum atomic E-state index is -0.268. The minimum Gasteiger partial charge on any atom is -0.465 e. The summed E-state index contributed by atoms with van der Waals surface area (Å²) < 4.78 is 5.89. The Balaban J connectivity index is 2.11. The molecule has 1 aromatic carbocycles. The first kappa shape index (κ1) is 15.8. The number of piperidine rings is 1. The van der Waals surface area contributed by atoms with Crippen LogP contribution in [0.1, 0.15) is 42.1 Å². The van der Waals surface area contributed by atoms with E-state index in [0.717, 1.165) is 24.0 Å². The molecule has 4 nitrogen and oxygen atoms in total. The Morgan fingerprint density at radius 1 is 1.41 bits per heavy atom. The summed E-state index contributed by atoms with van der Waals surface area (Å²) in [4.78, 5) is 16.8. The fraction of sp³-hybridized carbons (Fsp3) is 0.588. The van der Waals surface area contributed by atoms with Gasteiger partial charge in [-0.2, -0.15) is 0 Å². The smallest absolute Gasteiger partial charge is 0.337 e. The molecule has 0 saturated carbocycles. The summed E-state index contributed by atoms with van der Waals surface area (Å²) in [5, 5.41) is 0. The molecule has 0 aromatic heterocycles. The SMILES string of the molecule is COC(=O)c1cc(Br)c2c(c1)C1CCN(C)CC1N2C(C)C. The molecule has 120 valence electrons. The number of nitrogens with zero attached hydrogens (tertiary/aromatic N) is 2. The number of likely N-dealkylation sites (N-methyl/N-ethyl adjacent to an activating group) is 1. The first-order valence-electron chi connectivity index (χ1n) is 7.82. The Morgan fingerprint density at radius 2 is 2.14 bits per heavy atom. The highest BCUT2D eigenvalue weighted by atomic mass is 79.9.